The number of hydrogen-bond acceptors (Lipinski definition) is 4. The summed E-state index contributed by atoms with van der Waals surface area (Å²) in [5.74, 6) is -0.518. The summed E-state index contributed by atoms with van der Waals surface area (Å²) in [4.78, 5) is 24.8. The lowest BCUT2D eigenvalue weighted by atomic mass is 9.90. The molecule has 0 aromatic heterocycles. The number of unbranched alkanes of at least 4 members (excludes halogenated alkanes) is 3. The van der Waals surface area contributed by atoms with E-state index in [2.05, 4.69) is 13.8 Å². The lowest BCUT2D eigenvalue weighted by molar-refractivity contribution is -0.121. The minimum atomic E-state index is -0.270. The minimum Gasteiger partial charge on any atom is -0.489 e. The Labute approximate surface area is 139 Å². The van der Waals surface area contributed by atoms with E-state index in [1.165, 1.54) is 39.1 Å². The van der Waals surface area contributed by atoms with E-state index in [1.54, 1.807) is 6.92 Å². The molecule has 0 amide bonds. The molecule has 0 bridgehead atoms. The van der Waals surface area contributed by atoms with Crippen LogP contribution >= 0.6 is 0 Å². The van der Waals surface area contributed by atoms with Crippen molar-refractivity contribution in [3.63, 3.8) is 0 Å². The van der Waals surface area contributed by atoms with Crippen LogP contribution in [0, 0.1) is 0 Å². The van der Waals surface area contributed by atoms with E-state index in [4.69, 9.17) is 9.47 Å². The zero-order chi connectivity index (χ0) is 17.4. The molecule has 0 unspecified atom stereocenters. The number of Topliss-reactive ketones (excluding diaryl/α,β-unsaturated/α-hetero) is 2. The second kappa shape index (κ2) is 9.33. The van der Waals surface area contributed by atoms with Gasteiger partial charge >= 0.3 is 0 Å². The van der Waals surface area contributed by atoms with E-state index in [9.17, 15) is 9.59 Å². The molecule has 0 N–H and O–H groups in total. The number of methoxy groups -OCH3 is 2. The van der Waals surface area contributed by atoms with Crippen LogP contribution in [-0.4, -0.2) is 25.8 Å². The average molecular weight is 320 g/mol. The number of carbonyl (C=O) groups excluding carboxylic acids is 2. The van der Waals surface area contributed by atoms with Gasteiger partial charge in [0, 0.05) is 11.1 Å². The van der Waals surface area contributed by atoms with Gasteiger partial charge in [0.15, 0.2) is 0 Å². The minimum absolute atomic E-state index is 0.000910. The predicted molar refractivity (Wildman–Crippen MR) is 90.9 cm³/mol. The molecular formula is C19H28O4. The average Bonchev–Trinajstić information content (AvgIpc) is 2.54. The van der Waals surface area contributed by atoms with Crippen LogP contribution in [-0.2, 0) is 19.1 Å². The van der Waals surface area contributed by atoms with Crippen LogP contribution in [0.1, 0.15) is 59.3 Å². The van der Waals surface area contributed by atoms with Gasteiger partial charge in [-0.05, 0) is 33.1 Å². The fourth-order valence-corrected chi connectivity index (χ4v) is 2.65. The molecular weight excluding hydrogens is 292 g/mol. The highest BCUT2D eigenvalue weighted by Crippen LogP contribution is 2.28. The number of carbonyl (C=O) groups is 2. The van der Waals surface area contributed by atoms with Crippen LogP contribution in [0.4, 0.5) is 0 Å². The van der Waals surface area contributed by atoms with Crippen molar-refractivity contribution in [1.29, 1.82) is 0 Å². The molecule has 0 radical (unpaired) electrons. The third-order valence-electron chi connectivity index (χ3n) is 4.17. The molecule has 1 aliphatic rings. The number of rotatable bonds is 9. The smallest absolute Gasteiger partial charge is 0.228 e. The quantitative estimate of drug-likeness (QED) is 0.362. The molecule has 0 aromatic carbocycles. The van der Waals surface area contributed by atoms with Crippen molar-refractivity contribution in [2.24, 2.45) is 0 Å². The van der Waals surface area contributed by atoms with Gasteiger partial charge in [0.25, 0.3) is 0 Å². The van der Waals surface area contributed by atoms with Gasteiger partial charge in [-0.25, -0.2) is 0 Å². The Morgan fingerprint density at radius 3 is 2.17 bits per heavy atom. The van der Waals surface area contributed by atoms with Gasteiger partial charge in [-0.1, -0.05) is 37.8 Å². The van der Waals surface area contributed by atoms with Gasteiger partial charge in [0.05, 0.1) is 14.2 Å². The van der Waals surface area contributed by atoms with Crippen LogP contribution in [0.25, 0.3) is 0 Å². The highest BCUT2D eigenvalue weighted by Gasteiger charge is 2.33. The number of ketones is 2. The summed E-state index contributed by atoms with van der Waals surface area (Å²) in [6.45, 7) is 5.94. The highest BCUT2D eigenvalue weighted by molar-refractivity contribution is 6.23. The molecule has 1 aliphatic carbocycles. The van der Waals surface area contributed by atoms with Crippen LogP contribution in [0.15, 0.2) is 34.3 Å². The molecule has 128 valence electrons. The maximum Gasteiger partial charge on any atom is 0.228 e. The van der Waals surface area contributed by atoms with Crippen LogP contribution < -0.4 is 0 Å². The van der Waals surface area contributed by atoms with Crippen LogP contribution in [0.3, 0.4) is 0 Å². The van der Waals surface area contributed by atoms with Crippen molar-refractivity contribution in [3.8, 4) is 0 Å². The Hall–Kier alpha value is -1.84. The summed E-state index contributed by atoms with van der Waals surface area (Å²) >= 11 is 0. The van der Waals surface area contributed by atoms with E-state index >= 15 is 0 Å². The molecule has 0 saturated heterocycles. The predicted octanol–water partition coefficient (Wildman–Crippen LogP) is 4.27. The van der Waals surface area contributed by atoms with Gasteiger partial charge in [-0.2, -0.15) is 0 Å². The van der Waals surface area contributed by atoms with E-state index < -0.39 is 0 Å². The molecule has 23 heavy (non-hydrogen) atoms. The molecule has 0 saturated carbocycles. The Morgan fingerprint density at radius 1 is 1.00 bits per heavy atom. The van der Waals surface area contributed by atoms with Crippen molar-refractivity contribution in [3.05, 3.63) is 34.3 Å². The summed E-state index contributed by atoms with van der Waals surface area (Å²) in [5, 5.41) is 0. The lowest BCUT2D eigenvalue weighted by Gasteiger charge is -2.19. The maximum absolute atomic E-state index is 12.5. The first-order valence-corrected chi connectivity index (χ1v) is 8.24. The second-order valence-corrected chi connectivity index (χ2v) is 5.89. The molecule has 0 fully saturated rings. The molecule has 4 heteroatoms. The van der Waals surface area contributed by atoms with E-state index in [0.29, 0.717) is 17.6 Å². The molecule has 0 heterocycles. The molecule has 0 atom stereocenters. The monoisotopic (exact) mass is 320 g/mol. The third-order valence-corrected chi connectivity index (χ3v) is 4.17. The van der Waals surface area contributed by atoms with Gasteiger partial charge < -0.3 is 9.47 Å². The first-order valence-electron chi connectivity index (χ1n) is 8.24. The van der Waals surface area contributed by atoms with Crippen LogP contribution in [0.2, 0.25) is 0 Å². The summed E-state index contributed by atoms with van der Waals surface area (Å²) < 4.78 is 10.1. The largest absolute Gasteiger partial charge is 0.489 e. The zero-order valence-electron chi connectivity index (χ0n) is 15.0. The SMILES string of the molecule is CCCCCC/C(C)=C/CC1=C(C)C(=O)C(OC)=C(OC)C1=O. The Bertz CT molecular complexity index is 550. The molecule has 4 nitrogen and oxygen atoms in total. The number of hydrogen-bond donors (Lipinski definition) is 0. The number of allylic oxidation sites excluding steroid dienone is 4. The summed E-state index contributed by atoms with van der Waals surface area (Å²) in [6, 6.07) is 0. The Balaban J connectivity index is 2.82. The van der Waals surface area contributed by atoms with Crippen molar-refractivity contribution < 1.29 is 19.1 Å². The molecule has 1 rings (SSSR count). The van der Waals surface area contributed by atoms with Crippen molar-refractivity contribution in [1.82, 2.24) is 0 Å². The van der Waals surface area contributed by atoms with E-state index in [-0.39, 0.29) is 23.1 Å². The maximum atomic E-state index is 12.5. The fourth-order valence-electron chi connectivity index (χ4n) is 2.65. The number of ether oxygens (including phenoxy) is 2. The summed E-state index contributed by atoms with van der Waals surface area (Å²) in [5.41, 5.74) is 2.20. The van der Waals surface area contributed by atoms with E-state index in [0.717, 1.165) is 12.8 Å². The Kier molecular flexibility index (Phi) is 7.79. The Morgan fingerprint density at radius 2 is 1.61 bits per heavy atom. The van der Waals surface area contributed by atoms with Gasteiger partial charge in [-0.3, -0.25) is 9.59 Å². The van der Waals surface area contributed by atoms with Gasteiger partial charge in [0.1, 0.15) is 0 Å². The first kappa shape index (κ1) is 19.2. The molecule has 0 spiro atoms. The topological polar surface area (TPSA) is 52.6 Å². The van der Waals surface area contributed by atoms with Gasteiger partial charge in [0.2, 0.25) is 23.1 Å². The molecule has 0 aromatic rings. The standard InChI is InChI=1S/C19H28O4/c1-6-7-8-9-10-13(2)11-12-15-14(3)16(20)18(22-4)19(23-5)17(15)21/h11H,6-10,12H2,1-5H3/b13-11+. The second-order valence-electron chi connectivity index (χ2n) is 5.89. The van der Waals surface area contributed by atoms with Crippen LogP contribution in [0.5, 0.6) is 0 Å². The highest BCUT2D eigenvalue weighted by atomic mass is 16.5. The lowest BCUT2D eigenvalue weighted by Crippen LogP contribution is -2.24. The van der Waals surface area contributed by atoms with Crippen molar-refractivity contribution in [2.75, 3.05) is 14.2 Å². The zero-order valence-corrected chi connectivity index (χ0v) is 15.0. The summed E-state index contributed by atoms with van der Waals surface area (Å²) in [6.07, 6.45) is 8.41. The summed E-state index contributed by atoms with van der Waals surface area (Å²) in [7, 11) is 2.75. The van der Waals surface area contributed by atoms with Gasteiger partial charge in [-0.15, -0.1) is 0 Å². The van der Waals surface area contributed by atoms with Crippen molar-refractivity contribution in [2.45, 2.75) is 59.3 Å². The third kappa shape index (κ3) is 4.81. The first-order chi connectivity index (χ1) is 11.0. The normalized spacial score (nSPS) is 16.3. The fraction of sp³-hybridized carbons (Fsp3) is 0.579. The van der Waals surface area contributed by atoms with Crippen molar-refractivity contribution >= 4 is 11.6 Å². The molecule has 0 aliphatic heterocycles. The van der Waals surface area contributed by atoms with E-state index in [1.807, 2.05) is 6.08 Å².